The van der Waals surface area contributed by atoms with Crippen molar-refractivity contribution >= 4 is 0 Å². The molecule has 0 atom stereocenters. The fourth-order valence-corrected chi connectivity index (χ4v) is 1.81. The van der Waals surface area contributed by atoms with Crippen molar-refractivity contribution in [1.82, 2.24) is 0 Å². The average Bonchev–Trinajstić information content (AvgIpc) is 2.61. The van der Waals surface area contributed by atoms with Crippen LogP contribution in [0.5, 0.6) is 0 Å². The molecule has 140 valence electrons. The Morgan fingerprint density at radius 3 is 2.28 bits per heavy atom. The van der Waals surface area contributed by atoms with Crippen LogP contribution in [-0.4, -0.2) is 33.0 Å². The maximum atomic E-state index is 5.72. The fraction of sp³-hybridized carbons (Fsp3) is 0.400. The van der Waals surface area contributed by atoms with E-state index >= 15 is 0 Å². The number of allylic oxidation sites excluding steroid dienone is 6. The predicted molar refractivity (Wildman–Crippen MR) is 105 cm³/mol. The standard InChI is InChI=1S/C20H32N2O3/c1-5-9-19(10-8-11-21)24-14-12-23-13-15-25-20(7-3)17(4)16-18(22)6-2/h6-10,16H,2-3,5,11-15,21-22H2,1,4H3/b10-8-,18-16+,19-9+,20-17+. The molecule has 0 rings (SSSR count). The summed E-state index contributed by atoms with van der Waals surface area (Å²) in [6.07, 6.45) is 11.7. The highest BCUT2D eigenvalue weighted by molar-refractivity contribution is 5.31. The van der Waals surface area contributed by atoms with Crippen LogP contribution in [0.25, 0.3) is 0 Å². The van der Waals surface area contributed by atoms with Crippen molar-refractivity contribution in [2.75, 3.05) is 33.0 Å². The number of hydrogen-bond acceptors (Lipinski definition) is 5. The molecule has 0 heterocycles. The molecular weight excluding hydrogens is 316 g/mol. The van der Waals surface area contributed by atoms with E-state index in [1.807, 2.05) is 25.2 Å². The van der Waals surface area contributed by atoms with Gasteiger partial charge < -0.3 is 25.7 Å². The first-order valence-corrected chi connectivity index (χ1v) is 8.42. The third-order valence-corrected chi connectivity index (χ3v) is 3.00. The Labute approximate surface area is 152 Å². The molecular formula is C20H32N2O3. The monoisotopic (exact) mass is 348 g/mol. The van der Waals surface area contributed by atoms with Gasteiger partial charge in [0.15, 0.2) is 0 Å². The van der Waals surface area contributed by atoms with Gasteiger partial charge in [0.25, 0.3) is 0 Å². The summed E-state index contributed by atoms with van der Waals surface area (Å²) in [5.74, 6) is 1.48. The van der Waals surface area contributed by atoms with Gasteiger partial charge in [-0.3, -0.25) is 0 Å². The van der Waals surface area contributed by atoms with Crippen molar-refractivity contribution in [3.8, 4) is 0 Å². The second kappa shape index (κ2) is 15.3. The van der Waals surface area contributed by atoms with Crippen LogP contribution in [0.15, 0.2) is 72.4 Å². The molecule has 0 aromatic carbocycles. The topological polar surface area (TPSA) is 79.7 Å². The van der Waals surface area contributed by atoms with Gasteiger partial charge in [-0.2, -0.15) is 0 Å². The molecule has 0 spiro atoms. The predicted octanol–water partition coefficient (Wildman–Crippen LogP) is 3.33. The highest BCUT2D eigenvalue weighted by Gasteiger charge is 1.99. The van der Waals surface area contributed by atoms with Gasteiger partial charge >= 0.3 is 0 Å². The second-order valence-corrected chi connectivity index (χ2v) is 5.06. The third kappa shape index (κ3) is 11.9. The molecule has 0 fully saturated rings. The first kappa shape index (κ1) is 22.8. The summed E-state index contributed by atoms with van der Waals surface area (Å²) in [6.45, 7) is 13.6. The normalized spacial score (nSPS) is 13.6. The number of nitrogens with two attached hydrogens (primary N) is 2. The molecule has 25 heavy (non-hydrogen) atoms. The van der Waals surface area contributed by atoms with Crippen LogP contribution in [0.4, 0.5) is 0 Å². The summed E-state index contributed by atoms with van der Waals surface area (Å²) in [7, 11) is 0. The number of hydrogen-bond donors (Lipinski definition) is 2. The molecule has 0 aliphatic rings. The first-order valence-electron chi connectivity index (χ1n) is 8.42. The summed E-state index contributed by atoms with van der Waals surface area (Å²) >= 11 is 0. The van der Waals surface area contributed by atoms with Gasteiger partial charge in [-0.15, -0.1) is 0 Å². The van der Waals surface area contributed by atoms with Crippen molar-refractivity contribution in [2.24, 2.45) is 11.5 Å². The van der Waals surface area contributed by atoms with E-state index in [0.717, 1.165) is 17.8 Å². The lowest BCUT2D eigenvalue weighted by Gasteiger charge is -2.11. The maximum Gasteiger partial charge on any atom is 0.121 e. The van der Waals surface area contributed by atoms with Crippen molar-refractivity contribution in [3.63, 3.8) is 0 Å². The molecule has 0 amide bonds. The Morgan fingerprint density at radius 2 is 1.72 bits per heavy atom. The zero-order valence-corrected chi connectivity index (χ0v) is 15.5. The van der Waals surface area contributed by atoms with Crippen LogP contribution < -0.4 is 11.5 Å². The van der Waals surface area contributed by atoms with Crippen molar-refractivity contribution < 1.29 is 14.2 Å². The molecule has 0 bridgehead atoms. The van der Waals surface area contributed by atoms with Crippen LogP contribution in [0.2, 0.25) is 0 Å². The zero-order valence-electron chi connectivity index (χ0n) is 15.5. The van der Waals surface area contributed by atoms with Gasteiger partial charge in [0.05, 0.1) is 13.2 Å². The average molecular weight is 348 g/mol. The van der Waals surface area contributed by atoms with Crippen LogP contribution in [0, 0.1) is 0 Å². The molecule has 0 aliphatic carbocycles. The van der Waals surface area contributed by atoms with Crippen LogP contribution in [0.3, 0.4) is 0 Å². The van der Waals surface area contributed by atoms with E-state index in [0.29, 0.717) is 44.4 Å². The molecule has 0 aliphatic heterocycles. The van der Waals surface area contributed by atoms with Crippen molar-refractivity contribution in [2.45, 2.75) is 20.3 Å². The quantitative estimate of drug-likeness (QED) is 0.286. The smallest absolute Gasteiger partial charge is 0.121 e. The van der Waals surface area contributed by atoms with Crippen LogP contribution in [-0.2, 0) is 14.2 Å². The molecule has 0 saturated heterocycles. The van der Waals surface area contributed by atoms with Crippen molar-refractivity contribution in [3.05, 3.63) is 72.4 Å². The second-order valence-electron chi connectivity index (χ2n) is 5.06. The van der Waals surface area contributed by atoms with E-state index in [4.69, 9.17) is 25.7 Å². The van der Waals surface area contributed by atoms with Gasteiger partial charge in [-0.05, 0) is 49.3 Å². The molecule has 4 N–H and O–H groups in total. The van der Waals surface area contributed by atoms with Gasteiger partial charge in [0.1, 0.15) is 24.7 Å². The summed E-state index contributed by atoms with van der Waals surface area (Å²) in [4.78, 5) is 0. The lowest BCUT2D eigenvalue weighted by atomic mass is 10.2. The largest absolute Gasteiger partial charge is 0.492 e. The Balaban J connectivity index is 4.11. The molecule has 0 unspecified atom stereocenters. The summed E-state index contributed by atoms with van der Waals surface area (Å²) in [5.41, 5.74) is 12.6. The summed E-state index contributed by atoms with van der Waals surface area (Å²) < 4.78 is 16.8. The van der Waals surface area contributed by atoms with Gasteiger partial charge in [0.2, 0.25) is 0 Å². The van der Waals surface area contributed by atoms with E-state index < -0.39 is 0 Å². The molecule has 0 aromatic heterocycles. The number of rotatable bonds is 14. The van der Waals surface area contributed by atoms with E-state index in [9.17, 15) is 0 Å². The lowest BCUT2D eigenvalue weighted by Crippen LogP contribution is -2.09. The first-order chi connectivity index (χ1) is 12.1. The van der Waals surface area contributed by atoms with E-state index in [2.05, 4.69) is 20.1 Å². The SMILES string of the molecule is C=C/C(N)=C\C(C)=C(/C=C)OCCOCCOC(/C=C\CN)=C/CC. The van der Waals surface area contributed by atoms with Crippen LogP contribution >= 0.6 is 0 Å². The zero-order chi connectivity index (χ0) is 18.9. The van der Waals surface area contributed by atoms with E-state index in [1.165, 1.54) is 0 Å². The van der Waals surface area contributed by atoms with E-state index in [1.54, 1.807) is 18.2 Å². The minimum Gasteiger partial charge on any atom is -0.492 e. The Kier molecular flexibility index (Phi) is 13.9. The summed E-state index contributed by atoms with van der Waals surface area (Å²) in [5, 5.41) is 0. The highest BCUT2D eigenvalue weighted by Crippen LogP contribution is 2.10. The third-order valence-electron chi connectivity index (χ3n) is 3.00. The minimum absolute atomic E-state index is 0.422. The Morgan fingerprint density at radius 1 is 1.04 bits per heavy atom. The summed E-state index contributed by atoms with van der Waals surface area (Å²) in [6, 6.07) is 0. The number of ether oxygens (including phenoxy) is 3. The van der Waals surface area contributed by atoms with Gasteiger partial charge in [-0.25, -0.2) is 0 Å². The maximum absolute atomic E-state index is 5.72. The fourth-order valence-electron chi connectivity index (χ4n) is 1.81. The van der Waals surface area contributed by atoms with E-state index in [-0.39, 0.29) is 0 Å². The van der Waals surface area contributed by atoms with Gasteiger partial charge in [0, 0.05) is 12.2 Å². The molecule has 0 radical (unpaired) electrons. The molecule has 0 saturated carbocycles. The lowest BCUT2D eigenvalue weighted by molar-refractivity contribution is 0.0478. The molecule has 5 nitrogen and oxygen atoms in total. The molecule has 5 heteroatoms. The highest BCUT2D eigenvalue weighted by atomic mass is 16.5. The Hall–Kier alpha value is -2.24. The molecule has 0 aromatic rings. The van der Waals surface area contributed by atoms with Gasteiger partial charge in [-0.1, -0.05) is 26.2 Å². The van der Waals surface area contributed by atoms with Crippen molar-refractivity contribution in [1.29, 1.82) is 0 Å². The van der Waals surface area contributed by atoms with Crippen LogP contribution in [0.1, 0.15) is 20.3 Å². The Bertz CT molecular complexity index is 517. The minimum atomic E-state index is 0.422.